The molecule has 1 amide bonds. The number of halogens is 2. The lowest BCUT2D eigenvalue weighted by atomic mass is 10.1. The zero-order valence-electron chi connectivity index (χ0n) is 11.2. The van der Waals surface area contributed by atoms with E-state index >= 15 is 0 Å². The van der Waals surface area contributed by atoms with Gasteiger partial charge in [-0.25, -0.2) is 0 Å². The lowest BCUT2D eigenvalue weighted by molar-refractivity contribution is -0.122. The molecule has 20 heavy (non-hydrogen) atoms. The van der Waals surface area contributed by atoms with Gasteiger partial charge in [-0.05, 0) is 31.5 Å². The molecule has 0 bridgehead atoms. The smallest absolute Gasteiger partial charge is 0.223 e. The second kappa shape index (κ2) is 9.06. The van der Waals surface area contributed by atoms with Crippen LogP contribution in [0, 0.1) is 0 Å². The molecule has 1 saturated heterocycles. The van der Waals surface area contributed by atoms with E-state index in [-0.39, 0.29) is 24.4 Å². The van der Waals surface area contributed by atoms with Crippen molar-refractivity contribution in [1.29, 1.82) is 0 Å². The average Bonchev–Trinajstić information content (AvgIpc) is 2.42. The van der Waals surface area contributed by atoms with E-state index in [0.717, 1.165) is 25.9 Å². The molecule has 0 saturated carbocycles. The Bertz CT molecular complexity index is 423. The largest absolute Gasteiger partial charge is 0.491 e. The van der Waals surface area contributed by atoms with Crippen molar-refractivity contribution in [1.82, 2.24) is 10.6 Å². The molecule has 2 rings (SSSR count). The maximum atomic E-state index is 11.7. The first-order valence-corrected chi connectivity index (χ1v) is 7.01. The molecule has 1 aliphatic heterocycles. The molecule has 1 aliphatic rings. The van der Waals surface area contributed by atoms with E-state index in [2.05, 4.69) is 10.6 Å². The number of piperidine rings is 1. The summed E-state index contributed by atoms with van der Waals surface area (Å²) in [5.41, 5.74) is 0. The maximum Gasteiger partial charge on any atom is 0.223 e. The van der Waals surface area contributed by atoms with Crippen LogP contribution in [-0.4, -0.2) is 31.6 Å². The molecule has 2 N–H and O–H groups in total. The van der Waals surface area contributed by atoms with Crippen molar-refractivity contribution >= 4 is 29.9 Å². The highest BCUT2D eigenvalue weighted by atomic mass is 35.5. The van der Waals surface area contributed by atoms with Crippen LogP contribution in [0.3, 0.4) is 0 Å². The molecule has 0 unspecified atom stereocenters. The van der Waals surface area contributed by atoms with E-state index in [0.29, 0.717) is 23.8 Å². The molecule has 0 radical (unpaired) electrons. The standard InChI is InChI=1S/C14H19ClN2O2.ClH/c15-12-5-1-2-6-13(12)19-9-7-14(18)17-11-4-3-8-16-10-11;/h1-2,5-6,11,16H,3-4,7-10H2,(H,17,18);1H/t11-;/m0./s1. The topological polar surface area (TPSA) is 50.4 Å². The Hall–Kier alpha value is -0.970. The number of carbonyl (C=O) groups excluding carboxylic acids is 1. The highest BCUT2D eigenvalue weighted by molar-refractivity contribution is 6.32. The monoisotopic (exact) mass is 318 g/mol. The fraction of sp³-hybridized carbons (Fsp3) is 0.500. The summed E-state index contributed by atoms with van der Waals surface area (Å²) in [5.74, 6) is 0.650. The fourth-order valence-electron chi connectivity index (χ4n) is 2.09. The minimum Gasteiger partial charge on any atom is -0.491 e. The number of para-hydroxylation sites is 1. The summed E-state index contributed by atoms with van der Waals surface area (Å²) in [6.45, 7) is 2.24. The van der Waals surface area contributed by atoms with Crippen LogP contribution in [0.2, 0.25) is 5.02 Å². The molecule has 112 valence electrons. The number of amides is 1. The summed E-state index contributed by atoms with van der Waals surface area (Å²) < 4.78 is 5.49. The molecule has 0 aromatic heterocycles. The Balaban J connectivity index is 0.00000200. The Labute approximate surface area is 130 Å². The van der Waals surface area contributed by atoms with Gasteiger partial charge in [0.15, 0.2) is 0 Å². The normalized spacial score (nSPS) is 17.9. The van der Waals surface area contributed by atoms with E-state index < -0.39 is 0 Å². The van der Waals surface area contributed by atoms with Gasteiger partial charge in [-0.15, -0.1) is 12.4 Å². The summed E-state index contributed by atoms with van der Waals surface area (Å²) >= 11 is 5.96. The van der Waals surface area contributed by atoms with Crippen LogP contribution in [0.1, 0.15) is 19.3 Å². The second-order valence-corrected chi connectivity index (χ2v) is 5.05. The van der Waals surface area contributed by atoms with Crippen LogP contribution in [0.25, 0.3) is 0 Å². The Morgan fingerprint density at radius 2 is 2.25 bits per heavy atom. The Kier molecular flexibility index (Phi) is 7.73. The van der Waals surface area contributed by atoms with Gasteiger partial charge in [0.05, 0.1) is 18.1 Å². The molecule has 1 aromatic carbocycles. The van der Waals surface area contributed by atoms with Gasteiger partial charge in [-0.2, -0.15) is 0 Å². The number of nitrogens with one attached hydrogen (secondary N) is 2. The lowest BCUT2D eigenvalue weighted by Crippen LogP contribution is -2.45. The lowest BCUT2D eigenvalue weighted by Gasteiger charge is -2.23. The van der Waals surface area contributed by atoms with Crippen molar-refractivity contribution in [3.05, 3.63) is 29.3 Å². The molecule has 1 atom stereocenters. The van der Waals surface area contributed by atoms with Crippen molar-refractivity contribution in [3.8, 4) is 5.75 Å². The SMILES string of the molecule is Cl.O=C(CCOc1ccccc1Cl)N[C@H]1CCCNC1. The summed E-state index contributed by atoms with van der Waals surface area (Å²) in [7, 11) is 0. The van der Waals surface area contributed by atoms with Gasteiger partial charge < -0.3 is 15.4 Å². The summed E-state index contributed by atoms with van der Waals surface area (Å²) in [6.07, 6.45) is 2.51. The molecular formula is C14H20Cl2N2O2. The van der Waals surface area contributed by atoms with E-state index in [4.69, 9.17) is 16.3 Å². The molecule has 4 nitrogen and oxygen atoms in total. The minimum atomic E-state index is 0. The average molecular weight is 319 g/mol. The van der Waals surface area contributed by atoms with Gasteiger partial charge in [0.25, 0.3) is 0 Å². The molecule has 0 aliphatic carbocycles. The number of carbonyl (C=O) groups is 1. The van der Waals surface area contributed by atoms with Crippen LogP contribution in [-0.2, 0) is 4.79 Å². The number of hydrogen-bond donors (Lipinski definition) is 2. The zero-order valence-corrected chi connectivity index (χ0v) is 12.8. The first kappa shape index (κ1) is 17.1. The van der Waals surface area contributed by atoms with E-state index in [1.165, 1.54) is 0 Å². The first-order valence-electron chi connectivity index (χ1n) is 6.63. The third-order valence-corrected chi connectivity index (χ3v) is 3.40. The third kappa shape index (κ3) is 5.57. The Morgan fingerprint density at radius 1 is 1.45 bits per heavy atom. The summed E-state index contributed by atoms with van der Waals surface area (Å²) in [5, 5.41) is 6.84. The van der Waals surface area contributed by atoms with Crippen molar-refractivity contribution < 1.29 is 9.53 Å². The van der Waals surface area contributed by atoms with Gasteiger partial charge in [-0.1, -0.05) is 23.7 Å². The minimum absolute atomic E-state index is 0. The zero-order chi connectivity index (χ0) is 13.5. The Morgan fingerprint density at radius 3 is 2.95 bits per heavy atom. The van der Waals surface area contributed by atoms with Crippen molar-refractivity contribution in [2.45, 2.75) is 25.3 Å². The highest BCUT2D eigenvalue weighted by Gasteiger charge is 2.15. The maximum absolute atomic E-state index is 11.7. The molecule has 1 heterocycles. The summed E-state index contributed by atoms with van der Waals surface area (Å²) in [6, 6.07) is 7.52. The van der Waals surface area contributed by atoms with Crippen LogP contribution < -0.4 is 15.4 Å². The van der Waals surface area contributed by atoms with Gasteiger partial charge in [0, 0.05) is 12.6 Å². The highest BCUT2D eigenvalue weighted by Crippen LogP contribution is 2.22. The van der Waals surface area contributed by atoms with Gasteiger partial charge in [-0.3, -0.25) is 4.79 Å². The van der Waals surface area contributed by atoms with Crippen molar-refractivity contribution in [3.63, 3.8) is 0 Å². The van der Waals surface area contributed by atoms with Crippen molar-refractivity contribution in [2.75, 3.05) is 19.7 Å². The van der Waals surface area contributed by atoms with E-state index in [9.17, 15) is 4.79 Å². The molecule has 1 aromatic rings. The second-order valence-electron chi connectivity index (χ2n) is 4.64. The van der Waals surface area contributed by atoms with Gasteiger partial charge in [0.2, 0.25) is 5.91 Å². The molecule has 1 fully saturated rings. The molecule has 6 heteroatoms. The van der Waals surface area contributed by atoms with Crippen molar-refractivity contribution in [2.24, 2.45) is 0 Å². The molecular weight excluding hydrogens is 299 g/mol. The van der Waals surface area contributed by atoms with E-state index in [1.807, 2.05) is 12.1 Å². The third-order valence-electron chi connectivity index (χ3n) is 3.09. The number of rotatable bonds is 5. The first-order chi connectivity index (χ1) is 9.25. The molecule has 0 spiro atoms. The van der Waals surface area contributed by atoms with Crippen LogP contribution in [0.15, 0.2) is 24.3 Å². The predicted octanol–water partition coefficient (Wildman–Crippen LogP) is 2.40. The van der Waals surface area contributed by atoms with E-state index in [1.54, 1.807) is 12.1 Å². The van der Waals surface area contributed by atoms with Gasteiger partial charge >= 0.3 is 0 Å². The van der Waals surface area contributed by atoms with Crippen LogP contribution in [0.5, 0.6) is 5.75 Å². The van der Waals surface area contributed by atoms with Crippen LogP contribution >= 0.6 is 24.0 Å². The fourth-order valence-corrected chi connectivity index (χ4v) is 2.28. The summed E-state index contributed by atoms with van der Waals surface area (Å²) in [4.78, 5) is 11.7. The predicted molar refractivity (Wildman–Crippen MR) is 82.8 cm³/mol. The quantitative estimate of drug-likeness (QED) is 0.876. The number of ether oxygens (including phenoxy) is 1. The number of hydrogen-bond acceptors (Lipinski definition) is 3. The van der Waals surface area contributed by atoms with Gasteiger partial charge in [0.1, 0.15) is 5.75 Å². The number of benzene rings is 1. The van der Waals surface area contributed by atoms with Crippen LogP contribution in [0.4, 0.5) is 0 Å².